The maximum atomic E-state index is 15.7. The number of hydrogen-bond acceptors (Lipinski definition) is 5. The van der Waals surface area contributed by atoms with Crippen LogP contribution in [-0.4, -0.2) is 57.5 Å². The van der Waals surface area contributed by atoms with Crippen LogP contribution in [0.15, 0.2) is 41.2 Å². The second kappa shape index (κ2) is 14.4. The molecule has 1 fully saturated rings. The summed E-state index contributed by atoms with van der Waals surface area (Å²) >= 11 is 0. The number of hydrogen-bond donors (Lipinski definition) is 2. The van der Waals surface area contributed by atoms with Crippen molar-refractivity contribution < 1.29 is 32.3 Å². The number of carboxylic acid groups (broad SMARTS) is 1. The highest BCUT2D eigenvalue weighted by Crippen LogP contribution is 2.35. The SMILES string of the molecule is Cc1cc(-c2c(C)cccc2C)cc([C@H](CC(=O)O)NC(=O)[C@H](CC(C)C)n2nc(CCN3CC(C(F)(F)F)C3)cc(C)c2=O)c1F. The fourth-order valence-electron chi connectivity index (χ4n) is 6.18. The van der Waals surface area contributed by atoms with Gasteiger partial charge in [0.25, 0.3) is 5.56 Å². The Balaban J connectivity index is 1.66. The molecule has 0 aliphatic carbocycles. The molecule has 2 heterocycles. The lowest BCUT2D eigenvalue weighted by atomic mass is 9.90. The number of aliphatic carboxylic acids is 1. The first kappa shape index (κ1) is 35.8. The van der Waals surface area contributed by atoms with E-state index in [4.69, 9.17) is 0 Å². The van der Waals surface area contributed by atoms with Crippen LogP contribution in [0.1, 0.15) is 72.3 Å². The summed E-state index contributed by atoms with van der Waals surface area (Å²) in [4.78, 5) is 41.0. The number of aryl methyl sites for hydroxylation is 4. The molecule has 47 heavy (non-hydrogen) atoms. The van der Waals surface area contributed by atoms with Crippen molar-refractivity contribution in [2.75, 3.05) is 19.6 Å². The predicted octanol–water partition coefficient (Wildman–Crippen LogP) is 6.24. The van der Waals surface area contributed by atoms with E-state index in [1.54, 1.807) is 36.9 Å². The molecule has 0 saturated carbocycles. The highest BCUT2D eigenvalue weighted by molar-refractivity contribution is 5.82. The second-order valence-electron chi connectivity index (χ2n) is 13.1. The van der Waals surface area contributed by atoms with E-state index in [9.17, 15) is 32.7 Å². The van der Waals surface area contributed by atoms with Gasteiger partial charge in [-0.2, -0.15) is 18.3 Å². The zero-order valence-electron chi connectivity index (χ0n) is 27.5. The second-order valence-corrected chi connectivity index (χ2v) is 13.1. The molecular formula is C35H42F4N4O4. The molecule has 1 aliphatic rings. The zero-order chi connectivity index (χ0) is 34.8. The third-order valence-corrected chi connectivity index (χ3v) is 8.68. The van der Waals surface area contributed by atoms with Crippen LogP contribution in [0.3, 0.4) is 0 Å². The Morgan fingerprint density at radius 1 is 1.02 bits per heavy atom. The minimum absolute atomic E-state index is 0.0126. The highest BCUT2D eigenvalue weighted by atomic mass is 19.4. The van der Waals surface area contributed by atoms with Crippen LogP contribution < -0.4 is 10.9 Å². The van der Waals surface area contributed by atoms with Crippen LogP contribution >= 0.6 is 0 Å². The van der Waals surface area contributed by atoms with Crippen molar-refractivity contribution in [3.63, 3.8) is 0 Å². The number of carboxylic acids is 1. The fraction of sp³-hybridized carbons (Fsp3) is 0.486. The summed E-state index contributed by atoms with van der Waals surface area (Å²) < 4.78 is 55.6. The number of carbonyl (C=O) groups is 2. The molecule has 0 spiro atoms. The van der Waals surface area contributed by atoms with Crippen molar-refractivity contribution in [3.05, 3.63) is 86.1 Å². The first-order valence-corrected chi connectivity index (χ1v) is 15.7. The molecule has 1 saturated heterocycles. The fourth-order valence-corrected chi connectivity index (χ4v) is 6.18. The van der Waals surface area contributed by atoms with E-state index in [1.807, 2.05) is 45.9 Å². The Kier molecular flexibility index (Phi) is 10.9. The number of nitrogens with one attached hydrogen (secondary N) is 1. The Hall–Kier alpha value is -4.06. The highest BCUT2D eigenvalue weighted by Gasteiger charge is 2.46. The molecule has 8 nitrogen and oxygen atoms in total. The quantitative estimate of drug-likeness (QED) is 0.224. The minimum atomic E-state index is -4.24. The van der Waals surface area contributed by atoms with Gasteiger partial charge in [-0.3, -0.25) is 14.4 Å². The van der Waals surface area contributed by atoms with Crippen molar-refractivity contribution in [2.24, 2.45) is 11.8 Å². The molecule has 3 aromatic rings. The van der Waals surface area contributed by atoms with Crippen LogP contribution in [0.2, 0.25) is 0 Å². The Bertz CT molecular complexity index is 1680. The van der Waals surface area contributed by atoms with Crippen molar-refractivity contribution in [1.82, 2.24) is 20.0 Å². The van der Waals surface area contributed by atoms with E-state index in [0.717, 1.165) is 21.4 Å². The smallest absolute Gasteiger partial charge is 0.394 e. The molecule has 2 aromatic carbocycles. The van der Waals surface area contributed by atoms with Gasteiger partial charge in [-0.05, 0) is 86.1 Å². The molecule has 0 unspecified atom stereocenters. The summed E-state index contributed by atoms with van der Waals surface area (Å²) in [6.45, 7) is 10.8. The number of aromatic nitrogens is 2. The molecule has 1 aliphatic heterocycles. The normalized spacial score (nSPS) is 15.4. The van der Waals surface area contributed by atoms with Gasteiger partial charge in [0.1, 0.15) is 11.9 Å². The van der Waals surface area contributed by atoms with Gasteiger partial charge in [0, 0.05) is 37.2 Å². The standard InChI is InChI=1S/C35H42F4N4O4/c1-19(2)12-29(43-34(47)23(6)14-26(41-43)10-11-42-17-25(18-42)35(37,38)39)33(46)40-28(16-30(44)45)27-15-24(13-22(5)32(27)36)31-20(3)8-7-9-21(31)4/h7-9,13-15,19,25,28-29H,10-12,16-18H2,1-6H3,(H,40,46)(H,44,45)/t28-,29-/m0/s1. The summed E-state index contributed by atoms with van der Waals surface area (Å²) in [5.74, 6) is -4.04. The lowest BCUT2D eigenvalue weighted by Crippen LogP contribution is -2.53. The van der Waals surface area contributed by atoms with Gasteiger partial charge in [0.05, 0.1) is 24.1 Å². The largest absolute Gasteiger partial charge is 0.481 e. The van der Waals surface area contributed by atoms with Gasteiger partial charge in [0.2, 0.25) is 5.91 Å². The van der Waals surface area contributed by atoms with E-state index >= 15 is 4.39 Å². The lowest BCUT2D eigenvalue weighted by molar-refractivity contribution is -0.208. The minimum Gasteiger partial charge on any atom is -0.481 e. The first-order chi connectivity index (χ1) is 22.0. The first-order valence-electron chi connectivity index (χ1n) is 15.7. The third kappa shape index (κ3) is 8.46. The topological polar surface area (TPSA) is 105 Å². The average molecular weight is 659 g/mol. The van der Waals surface area contributed by atoms with Gasteiger partial charge in [-0.1, -0.05) is 32.0 Å². The van der Waals surface area contributed by atoms with Crippen molar-refractivity contribution in [2.45, 2.75) is 79.1 Å². The maximum Gasteiger partial charge on any atom is 0.394 e. The van der Waals surface area contributed by atoms with Crippen LogP contribution in [0, 0.1) is 45.3 Å². The number of alkyl halides is 3. The average Bonchev–Trinajstić information content (AvgIpc) is 2.93. The van der Waals surface area contributed by atoms with E-state index in [2.05, 4.69) is 10.4 Å². The molecule has 4 rings (SSSR count). The summed E-state index contributed by atoms with van der Waals surface area (Å²) in [5, 5.41) is 17.0. The Labute approximate surface area is 271 Å². The monoisotopic (exact) mass is 658 g/mol. The van der Waals surface area contributed by atoms with Gasteiger partial charge in [0.15, 0.2) is 0 Å². The number of benzene rings is 2. The number of nitrogens with zero attached hydrogens (tertiary/aromatic N) is 3. The van der Waals surface area contributed by atoms with Crippen molar-refractivity contribution in [3.8, 4) is 11.1 Å². The van der Waals surface area contributed by atoms with Gasteiger partial charge in [-0.15, -0.1) is 0 Å². The van der Waals surface area contributed by atoms with Crippen LogP contribution in [0.4, 0.5) is 17.6 Å². The Morgan fingerprint density at radius 3 is 2.23 bits per heavy atom. The van der Waals surface area contributed by atoms with Gasteiger partial charge >= 0.3 is 12.1 Å². The Morgan fingerprint density at radius 2 is 1.66 bits per heavy atom. The van der Waals surface area contributed by atoms with E-state index in [-0.39, 0.29) is 43.0 Å². The molecule has 0 radical (unpaired) electrons. The van der Waals surface area contributed by atoms with Gasteiger partial charge < -0.3 is 15.3 Å². The van der Waals surface area contributed by atoms with E-state index < -0.39 is 53.9 Å². The van der Waals surface area contributed by atoms with Crippen LogP contribution in [-0.2, 0) is 16.0 Å². The number of amides is 1. The van der Waals surface area contributed by atoms with Crippen LogP contribution in [0.5, 0.6) is 0 Å². The number of likely N-dealkylation sites (tertiary alicyclic amines) is 1. The predicted molar refractivity (Wildman–Crippen MR) is 171 cm³/mol. The lowest BCUT2D eigenvalue weighted by Gasteiger charge is -2.40. The third-order valence-electron chi connectivity index (χ3n) is 8.68. The number of halogens is 4. The summed E-state index contributed by atoms with van der Waals surface area (Å²) in [7, 11) is 0. The summed E-state index contributed by atoms with van der Waals surface area (Å²) in [5.41, 5.74) is 3.98. The molecular weight excluding hydrogens is 616 g/mol. The molecule has 0 bridgehead atoms. The summed E-state index contributed by atoms with van der Waals surface area (Å²) in [6, 6.07) is 8.18. The zero-order valence-corrected chi connectivity index (χ0v) is 27.5. The molecule has 2 atom stereocenters. The molecule has 1 aromatic heterocycles. The number of carbonyl (C=O) groups excluding carboxylic acids is 1. The van der Waals surface area contributed by atoms with Crippen molar-refractivity contribution in [1.29, 1.82) is 0 Å². The summed E-state index contributed by atoms with van der Waals surface area (Å²) in [6.07, 6.45) is -4.41. The molecule has 254 valence electrons. The molecule has 1 amide bonds. The van der Waals surface area contributed by atoms with Gasteiger partial charge in [-0.25, -0.2) is 9.07 Å². The van der Waals surface area contributed by atoms with Crippen LogP contribution in [0.25, 0.3) is 11.1 Å². The van der Waals surface area contributed by atoms with E-state index in [1.165, 1.54) is 0 Å². The molecule has 2 N–H and O–H groups in total. The number of rotatable bonds is 12. The van der Waals surface area contributed by atoms with E-state index in [0.29, 0.717) is 23.4 Å². The van der Waals surface area contributed by atoms with Crippen molar-refractivity contribution >= 4 is 11.9 Å². The molecule has 12 heteroatoms. The maximum absolute atomic E-state index is 15.7.